The molecule has 1 heterocycles. The van der Waals surface area contributed by atoms with E-state index in [1.807, 2.05) is 19.1 Å². The van der Waals surface area contributed by atoms with Crippen LogP contribution in [0.25, 0.3) is 0 Å². The first-order chi connectivity index (χ1) is 8.29. The molecule has 0 amide bonds. The van der Waals surface area contributed by atoms with Crippen LogP contribution in [0.3, 0.4) is 0 Å². The number of hydrogen-bond acceptors (Lipinski definition) is 3. The molecule has 0 saturated carbocycles. The highest BCUT2D eigenvalue weighted by atomic mass is 16.5. The number of carbonyl (C=O) groups excluding carboxylic acids is 1. The Balaban J connectivity index is 2.11. The molecule has 0 N–H and O–H groups in total. The normalized spacial score (nSPS) is 10.2. The Hall–Kier alpha value is -2.03. The summed E-state index contributed by atoms with van der Waals surface area (Å²) >= 11 is 0. The fourth-order valence-corrected chi connectivity index (χ4v) is 1.61. The summed E-state index contributed by atoms with van der Waals surface area (Å²) in [7, 11) is 0. The Labute approximate surface area is 100 Å². The van der Waals surface area contributed by atoms with Crippen molar-refractivity contribution in [2.75, 3.05) is 6.61 Å². The number of furan rings is 1. The molecule has 0 spiro atoms. The highest BCUT2D eigenvalue weighted by Crippen LogP contribution is 2.15. The second-order valence-electron chi connectivity index (χ2n) is 3.69. The molecule has 2 rings (SSSR count). The molecular weight excluding hydrogens is 216 g/mol. The Morgan fingerprint density at radius 1 is 1.35 bits per heavy atom. The standard InChI is InChI=1S/C14H14O3/c1-2-17-13-5-3-4-12(9-13)14(15)8-11-6-7-16-10-11/h3-7,9-10H,2,8H2,1H3. The average molecular weight is 230 g/mol. The highest BCUT2D eigenvalue weighted by Gasteiger charge is 2.08. The van der Waals surface area contributed by atoms with E-state index >= 15 is 0 Å². The summed E-state index contributed by atoms with van der Waals surface area (Å²) in [6, 6.07) is 9.03. The van der Waals surface area contributed by atoms with Gasteiger partial charge in [0.05, 0.1) is 19.1 Å². The van der Waals surface area contributed by atoms with Crippen LogP contribution in [0.5, 0.6) is 5.75 Å². The van der Waals surface area contributed by atoms with Crippen molar-refractivity contribution in [2.24, 2.45) is 0 Å². The fraction of sp³-hybridized carbons (Fsp3) is 0.214. The number of Topliss-reactive ketones (excluding diaryl/α,β-unsaturated/α-hetero) is 1. The van der Waals surface area contributed by atoms with Gasteiger partial charge in [-0.2, -0.15) is 0 Å². The van der Waals surface area contributed by atoms with E-state index in [9.17, 15) is 4.79 Å². The third-order valence-corrected chi connectivity index (χ3v) is 2.41. The van der Waals surface area contributed by atoms with Crippen LogP contribution < -0.4 is 4.74 Å². The van der Waals surface area contributed by atoms with Gasteiger partial charge in [0, 0.05) is 12.0 Å². The van der Waals surface area contributed by atoms with Gasteiger partial charge in [-0.25, -0.2) is 0 Å². The lowest BCUT2D eigenvalue weighted by molar-refractivity contribution is 0.0992. The lowest BCUT2D eigenvalue weighted by Crippen LogP contribution is -2.03. The molecule has 3 heteroatoms. The molecule has 0 unspecified atom stereocenters. The predicted octanol–water partition coefficient (Wildman–Crippen LogP) is 3.10. The predicted molar refractivity (Wildman–Crippen MR) is 64.4 cm³/mol. The maximum absolute atomic E-state index is 12.0. The zero-order chi connectivity index (χ0) is 12.1. The van der Waals surface area contributed by atoms with Crippen LogP contribution in [0, 0.1) is 0 Å². The van der Waals surface area contributed by atoms with Crippen molar-refractivity contribution in [1.82, 2.24) is 0 Å². The van der Waals surface area contributed by atoms with Gasteiger partial charge in [0.1, 0.15) is 5.75 Å². The monoisotopic (exact) mass is 230 g/mol. The van der Waals surface area contributed by atoms with Crippen LogP contribution in [0.2, 0.25) is 0 Å². The van der Waals surface area contributed by atoms with Crippen molar-refractivity contribution >= 4 is 5.78 Å². The summed E-state index contributed by atoms with van der Waals surface area (Å²) in [5.74, 6) is 0.790. The zero-order valence-corrected chi connectivity index (χ0v) is 9.68. The van der Waals surface area contributed by atoms with E-state index < -0.39 is 0 Å². The molecule has 0 saturated heterocycles. The van der Waals surface area contributed by atoms with Crippen molar-refractivity contribution in [3.8, 4) is 5.75 Å². The van der Waals surface area contributed by atoms with Gasteiger partial charge in [0.2, 0.25) is 0 Å². The Morgan fingerprint density at radius 3 is 2.94 bits per heavy atom. The third-order valence-electron chi connectivity index (χ3n) is 2.41. The lowest BCUT2D eigenvalue weighted by Gasteiger charge is -2.04. The van der Waals surface area contributed by atoms with Crippen molar-refractivity contribution < 1.29 is 13.9 Å². The summed E-state index contributed by atoms with van der Waals surface area (Å²) in [5, 5.41) is 0. The van der Waals surface area contributed by atoms with Crippen LogP contribution in [0.15, 0.2) is 47.3 Å². The Bertz CT molecular complexity index is 486. The molecule has 0 radical (unpaired) electrons. The van der Waals surface area contributed by atoms with Crippen molar-refractivity contribution in [3.05, 3.63) is 54.0 Å². The first-order valence-corrected chi connectivity index (χ1v) is 5.56. The Kier molecular flexibility index (Phi) is 3.60. The van der Waals surface area contributed by atoms with Gasteiger partial charge in [-0.3, -0.25) is 4.79 Å². The summed E-state index contributed by atoms with van der Waals surface area (Å²) in [6.07, 6.45) is 3.51. The van der Waals surface area contributed by atoms with E-state index in [1.165, 1.54) is 0 Å². The van der Waals surface area contributed by atoms with Gasteiger partial charge < -0.3 is 9.15 Å². The van der Waals surface area contributed by atoms with E-state index in [0.717, 1.165) is 11.3 Å². The van der Waals surface area contributed by atoms with E-state index in [2.05, 4.69) is 0 Å². The zero-order valence-electron chi connectivity index (χ0n) is 9.68. The number of hydrogen-bond donors (Lipinski definition) is 0. The Morgan fingerprint density at radius 2 is 2.24 bits per heavy atom. The van der Waals surface area contributed by atoms with Crippen LogP contribution in [-0.4, -0.2) is 12.4 Å². The molecule has 0 aliphatic heterocycles. The number of benzene rings is 1. The third kappa shape index (κ3) is 2.97. The topological polar surface area (TPSA) is 39.4 Å². The molecule has 1 aromatic heterocycles. The van der Waals surface area contributed by atoms with Crippen LogP contribution in [-0.2, 0) is 6.42 Å². The van der Waals surface area contributed by atoms with Gasteiger partial charge in [-0.15, -0.1) is 0 Å². The first kappa shape index (κ1) is 11.5. The van der Waals surface area contributed by atoms with Crippen LogP contribution in [0.4, 0.5) is 0 Å². The minimum absolute atomic E-state index is 0.0629. The number of ketones is 1. The number of carbonyl (C=O) groups is 1. The molecule has 0 bridgehead atoms. The van der Waals surface area contributed by atoms with Gasteiger partial charge in [-0.1, -0.05) is 12.1 Å². The maximum atomic E-state index is 12.0. The second kappa shape index (κ2) is 5.34. The van der Waals surface area contributed by atoms with Crippen LogP contribution >= 0.6 is 0 Å². The molecule has 0 fully saturated rings. The largest absolute Gasteiger partial charge is 0.494 e. The number of rotatable bonds is 5. The summed E-state index contributed by atoms with van der Waals surface area (Å²) in [6.45, 7) is 2.51. The van der Waals surface area contributed by atoms with Crippen molar-refractivity contribution in [2.45, 2.75) is 13.3 Å². The molecule has 3 nitrogen and oxygen atoms in total. The molecule has 17 heavy (non-hydrogen) atoms. The first-order valence-electron chi connectivity index (χ1n) is 5.56. The van der Waals surface area contributed by atoms with E-state index in [-0.39, 0.29) is 5.78 Å². The van der Waals surface area contributed by atoms with E-state index in [1.54, 1.807) is 30.7 Å². The molecule has 0 aliphatic carbocycles. The minimum atomic E-state index is 0.0629. The number of ether oxygens (including phenoxy) is 1. The lowest BCUT2D eigenvalue weighted by atomic mass is 10.1. The van der Waals surface area contributed by atoms with E-state index in [4.69, 9.17) is 9.15 Å². The molecule has 88 valence electrons. The van der Waals surface area contributed by atoms with E-state index in [0.29, 0.717) is 18.6 Å². The van der Waals surface area contributed by atoms with Gasteiger partial charge in [-0.05, 0) is 30.7 Å². The fourth-order valence-electron chi connectivity index (χ4n) is 1.61. The molecule has 0 atom stereocenters. The molecule has 0 aliphatic rings. The average Bonchev–Trinajstić information content (AvgIpc) is 2.83. The summed E-state index contributed by atoms with van der Waals surface area (Å²) in [5.41, 5.74) is 1.55. The van der Waals surface area contributed by atoms with Gasteiger partial charge in [0.15, 0.2) is 5.78 Å². The SMILES string of the molecule is CCOc1cccc(C(=O)Cc2ccoc2)c1. The molecule has 2 aromatic rings. The van der Waals surface area contributed by atoms with Gasteiger partial charge in [0.25, 0.3) is 0 Å². The van der Waals surface area contributed by atoms with Gasteiger partial charge >= 0.3 is 0 Å². The molecule has 1 aromatic carbocycles. The minimum Gasteiger partial charge on any atom is -0.494 e. The summed E-state index contributed by atoms with van der Waals surface area (Å²) < 4.78 is 10.3. The summed E-state index contributed by atoms with van der Waals surface area (Å²) in [4.78, 5) is 12.0. The maximum Gasteiger partial charge on any atom is 0.167 e. The quantitative estimate of drug-likeness (QED) is 0.741. The van der Waals surface area contributed by atoms with Crippen molar-refractivity contribution in [3.63, 3.8) is 0 Å². The van der Waals surface area contributed by atoms with Crippen molar-refractivity contribution in [1.29, 1.82) is 0 Å². The highest BCUT2D eigenvalue weighted by molar-refractivity contribution is 5.97. The van der Waals surface area contributed by atoms with Crippen LogP contribution in [0.1, 0.15) is 22.8 Å². The second-order valence-corrected chi connectivity index (χ2v) is 3.69. The molecular formula is C14H14O3. The smallest absolute Gasteiger partial charge is 0.167 e.